The summed E-state index contributed by atoms with van der Waals surface area (Å²) in [5.74, 6) is 0.264. The first-order valence-electron chi connectivity index (χ1n) is 7.30. The highest BCUT2D eigenvalue weighted by Gasteiger charge is 2.29. The molecule has 0 saturated carbocycles. The van der Waals surface area contributed by atoms with Crippen LogP contribution in [0.5, 0.6) is 5.75 Å². The second-order valence-corrected chi connectivity index (χ2v) is 5.11. The van der Waals surface area contributed by atoms with Gasteiger partial charge in [0.2, 0.25) is 5.91 Å². The molecule has 4 nitrogen and oxygen atoms in total. The molecule has 0 radical (unpaired) electrons. The second kappa shape index (κ2) is 7.72. The first kappa shape index (κ1) is 17.7. The van der Waals surface area contributed by atoms with Gasteiger partial charge in [-0.15, -0.1) is 0 Å². The van der Waals surface area contributed by atoms with Gasteiger partial charge in [0.05, 0.1) is 17.9 Å². The Kier molecular flexibility index (Phi) is 5.68. The van der Waals surface area contributed by atoms with Crippen molar-refractivity contribution in [1.29, 1.82) is 0 Å². The molecule has 0 atom stereocenters. The zero-order chi connectivity index (χ0) is 17.6. The number of ether oxygens (including phenoxy) is 1. The number of nitrogens with two attached hydrogens (primary N) is 1. The van der Waals surface area contributed by atoms with Gasteiger partial charge < -0.3 is 15.8 Å². The Hall–Kier alpha value is -2.70. The number of carbonyl (C=O) groups is 1. The summed E-state index contributed by atoms with van der Waals surface area (Å²) in [6, 6.07) is 11.3. The lowest BCUT2D eigenvalue weighted by Gasteiger charge is -2.10. The predicted octanol–water partition coefficient (Wildman–Crippen LogP) is 4.09. The van der Waals surface area contributed by atoms with E-state index in [-0.39, 0.29) is 12.3 Å². The highest BCUT2D eigenvalue weighted by molar-refractivity contribution is 5.90. The monoisotopic (exact) mass is 338 g/mol. The Labute approximate surface area is 137 Å². The number of amides is 1. The number of halogens is 3. The van der Waals surface area contributed by atoms with Crippen molar-refractivity contribution in [2.24, 2.45) is 0 Å². The van der Waals surface area contributed by atoms with Gasteiger partial charge in [0.1, 0.15) is 5.75 Å². The first-order chi connectivity index (χ1) is 11.4. The van der Waals surface area contributed by atoms with Crippen molar-refractivity contribution >= 4 is 17.3 Å². The van der Waals surface area contributed by atoms with E-state index in [0.717, 1.165) is 12.1 Å². The smallest absolute Gasteiger partial charge is 0.416 e. The maximum atomic E-state index is 12.4. The van der Waals surface area contributed by atoms with Crippen molar-refractivity contribution in [3.63, 3.8) is 0 Å². The zero-order valence-electron chi connectivity index (χ0n) is 12.8. The number of para-hydroxylation sites is 2. The molecule has 128 valence electrons. The van der Waals surface area contributed by atoms with E-state index >= 15 is 0 Å². The maximum absolute atomic E-state index is 12.4. The fourth-order valence-electron chi connectivity index (χ4n) is 1.99. The van der Waals surface area contributed by atoms with Gasteiger partial charge in [0, 0.05) is 12.1 Å². The SMILES string of the molecule is Nc1ccccc1OCCCC(=O)Nc1ccc(C(F)(F)F)cc1. The molecule has 0 fully saturated rings. The number of rotatable bonds is 6. The van der Waals surface area contributed by atoms with Crippen LogP contribution in [0.3, 0.4) is 0 Å². The van der Waals surface area contributed by atoms with Gasteiger partial charge in [-0.1, -0.05) is 12.1 Å². The quantitative estimate of drug-likeness (QED) is 0.616. The van der Waals surface area contributed by atoms with Crippen LogP contribution >= 0.6 is 0 Å². The number of nitrogen functional groups attached to an aromatic ring is 1. The van der Waals surface area contributed by atoms with Crippen molar-refractivity contribution in [1.82, 2.24) is 0 Å². The molecule has 0 heterocycles. The van der Waals surface area contributed by atoms with Gasteiger partial charge in [0.15, 0.2) is 0 Å². The third-order valence-electron chi connectivity index (χ3n) is 3.22. The molecule has 2 aromatic rings. The number of hydrogen-bond donors (Lipinski definition) is 2. The molecule has 0 aliphatic heterocycles. The Morgan fingerprint density at radius 2 is 1.75 bits per heavy atom. The van der Waals surface area contributed by atoms with E-state index in [2.05, 4.69) is 5.32 Å². The van der Waals surface area contributed by atoms with Crippen LogP contribution in [0.1, 0.15) is 18.4 Å². The lowest BCUT2D eigenvalue weighted by molar-refractivity contribution is -0.137. The maximum Gasteiger partial charge on any atom is 0.416 e. The lowest BCUT2D eigenvalue weighted by Crippen LogP contribution is -2.13. The van der Waals surface area contributed by atoms with Crippen LogP contribution in [-0.2, 0) is 11.0 Å². The van der Waals surface area contributed by atoms with E-state index in [0.29, 0.717) is 30.2 Å². The number of alkyl halides is 3. The van der Waals surface area contributed by atoms with Crippen LogP contribution in [0.15, 0.2) is 48.5 Å². The normalized spacial score (nSPS) is 11.1. The molecule has 3 N–H and O–H groups in total. The van der Waals surface area contributed by atoms with Gasteiger partial charge in [0.25, 0.3) is 0 Å². The molecule has 0 aliphatic rings. The summed E-state index contributed by atoms with van der Waals surface area (Å²) in [6.45, 7) is 0.314. The number of nitrogens with one attached hydrogen (secondary N) is 1. The van der Waals surface area contributed by atoms with Gasteiger partial charge in [-0.25, -0.2) is 0 Å². The molecule has 0 aromatic heterocycles. The van der Waals surface area contributed by atoms with Crippen LogP contribution < -0.4 is 15.8 Å². The summed E-state index contributed by atoms with van der Waals surface area (Å²) >= 11 is 0. The molecule has 2 rings (SSSR count). The number of carbonyl (C=O) groups excluding carboxylic acids is 1. The molecule has 0 saturated heterocycles. The Morgan fingerprint density at radius 3 is 2.38 bits per heavy atom. The van der Waals surface area contributed by atoms with Gasteiger partial charge >= 0.3 is 6.18 Å². The van der Waals surface area contributed by atoms with Crippen LogP contribution in [0.25, 0.3) is 0 Å². The second-order valence-electron chi connectivity index (χ2n) is 5.11. The molecule has 0 spiro atoms. The van der Waals surface area contributed by atoms with Gasteiger partial charge in [-0.3, -0.25) is 4.79 Å². The molecule has 24 heavy (non-hydrogen) atoms. The van der Waals surface area contributed by atoms with Crippen LogP contribution in [-0.4, -0.2) is 12.5 Å². The van der Waals surface area contributed by atoms with Gasteiger partial charge in [-0.05, 0) is 42.8 Å². The molecule has 1 amide bonds. The third-order valence-corrected chi connectivity index (χ3v) is 3.22. The predicted molar refractivity (Wildman–Crippen MR) is 85.7 cm³/mol. The number of hydrogen-bond acceptors (Lipinski definition) is 3. The standard InChI is InChI=1S/C17H17F3N2O2/c18-17(19,20)12-7-9-13(10-8-12)22-16(23)6-3-11-24-15-5-2-1-4-14(15)21/h1-2,4-5,7-10H,3,6,11,21H2,(H,22,23). The molecular weight excluding hydrogens is 321 g/mol. The van der Waals surface area contributed by atoms with E-state index in [9.17, 15) is 18.0 Å². The summed E-state index contributed by atoms with van der Waals surface area (Å²) < 4.78 is 42.8. The fourth-order valence-corrected chi connectivity index (χ4v) is 1.99. The highest BCUT2D eigenvalue weighted by Crippen LogP contribution is 2.29. The van der Waals surface area contributed by atoms with Crippen molar-refractivity contribution in [2.45, 2.75) is 19.0 Å². The summed E-state index contributed by atoms with van der Waals surface area (Å²) in [4.78, 5) is 11.8. The van der Waals surface area contributed by atoms with Crippen molar-refractivity contribution in [3.05, 3.63) is 54.1 Å². The van der Waals surface area contributed by atoms with Crippen molar-refractivity contribution in [2.75, 3.05) is 17.7 Å². The summed E-state index contributed by atoms with van der Waals surface area (Å²) in [5.41, 5.74) is 5.81. The molecular formula is C17H17F3N2O2. The minimum Gasteiger partial charge on any atom is -0.491 e. The topological polar surface area (TPSA) is 64.3 Å². The molecule has 0 aliphatic carbocycles. The molecule has 0 unspecified atom stereocenters. The lowest BCUT2D eigenvalue weighted by atomic mass is 10.2. The van der Waals surface area contributed by atoms with Crippen LogP contribution in [0, 0.1) is 0 Å². The van der Waals surface area contributed by atoms with E-state index in [1.807, 2.05) is 0 Å². The van der Waals surface area contributed by atoms with E-state index in [4.69, 9.17) is 10.5 Å². The minimum atomic E-state index is -4.39. The van der Waals surface area contributed by atoms with E-state index in [1.54, 1.807) is 24.3 Å². The Bertz CT molecular complexity index is 685. The van der Waals surface area contributed by atoms with E-state index < -0.39 is 11.7 Å². The third kappa shape index (κ3) is 5.19. The van der Waals surface area contributed by atoms with Gasteiger partial charge in [-0.2, -0.15) is 13.2 Å². The largest absolute Gasteiger partial charge is 0.491 e. The minimum absolute atomic E-state index is 0.188. The van der Waals surface area contributed by atoms with Crippen molar-refractivity contribution in [3.8, 4) is 5.75 Å². The summed E-state index contributed by atoms with van der Waals surface area (Å²) in [6.07, 6.45) is -3.74. The molecule has 7 heteroatoms. The highest BCUT2D eigenvalue weighted by atomic mass is 19.4. The molecule has 2 aromatic carbocycles. The molecule has 0 bridgehead atoms. The number of benzene rings is 2. The summed E-state index contributed by atoms with van der Waals surface area (Å²) in [5, 5.41) is 2.54. The van der Waals surface area contributed by atoms with Crippen LogP contribution in [0.4, 0.5) is 24.5 Å². The average molecular weight is 338 g/mol. The number of anilines is 2. The van der Waals surface area contributed by atoms with Crippen molar-refractivity contribution < 1.29 is 22.7 Å². The summed E-state index contributed by atoms with van der Waals surface area (Å²) in [7, 11) is 0. The fraction of sp³-hybridized carbons (Fsp3) is 0.235. The zero-order valence-corrected chi connectivity index (χ0v) is 12.8. The Balaban J connectivity index is 1.74. The first-order valence-corrected chi connectivity index (χ1v) is 7.30. The van der Waals surface area contributed by atoms with Crippen LogP contribution in [0.2, 0.25) is 0 Å². The average Bonchev–Trinajstić information content (AvgIpc) is 2.53. The van der Waals surface area contributed by atoms with E-state index in [1.165, 1.54) is 12.1 Å². The Morgan fingerprint density at radius 1 is 1.08 bits per heavy atom.